The Kier molecular flexibility index (Phi) is 7.63. The topological polar surface area (TPSA) is 58.2 Å². The van der Waals surface area contributed by atoms with Gasteiger partial charge in [0.2, 0.25) is 10.0 Å². The minimum atomic E-state index is -3.10. The van der Waals surface area contributed by atoms with Crippen LogP contribution < -0.4 is 10.0 Å². The van der Waals surface area contributed by atoms with Crippen molar-refractivity contribution >= 4 is 22.4 Å². The van der Waals surface area contributed by atoms with Crippen molar-refractivity contribution in [2.24, 2.45) is 5.92 Å². The molecule has 1 aliphatic heterocycles. The van der Waals surface area contributed by atoms with Gasteiger partial charge in [-0.25, -0.2) is 13.1 Å². The maximum atomic E-state index is 11.8. The number of hydrogen-bond donors (Lipinski definition) is 2. The molecule has 1 fully saturated rings. The molecule has 0 amide bonds. The summed E-state index contributed by atoms with van der Waals surface area (Å²) in [5, 5.41) is 3.29. The first-order valence-electron chi connectivity index (χ1n) is 6.14. The van der Waals surface area contributed by atoms with E-state index in [-0.39, 0.29) is 30.2 Å². The molecule has 0 aromatic carbocycles. The Labute approximate surface area is 111 Å². The van der Waals surface area contributed by atoms with Crippen LogP contribution in [-0.2, 0) is 10.0 Å². The molecule has 17 heavy (non-hydrogen) atoms. The summed E-state index contributed by atoms with van der Waals surface area (Å²) in [6.07, 6.45) is 2.71. The summed E-state index contributed by atoms with van der Waals surface area (Å²) in [5.41, 5.74) is 0. The molecule has 2 unspecified atom stereocenters. The van der Waals surface area contributed by atoms with Gasteiger partial charge in [-0.1, -0.05) is 13.8 Å². The van der Waals surface area contributed by atoms with Crippen molar-refractivity contribution in [3.63, 3.8) is 0 Å². The van der Waals surface area contributed by atoms with Crippen molar-refractivity contribution in [3.05, 3.63) is 0 Å². The summed E-state index contributed by atoms with van der Waals surface area (Å²) < 4.78 is 26.4. The van der Waals surface area contributed by atoms with E-state index in [1.54, 1.807) is 0 Å². The molecule has 4 nitrogen and oxygen atoms in total. The molecule has 0 aliphatic carbocycles. The highest BCUT2D eigenvalue weighted by Crippen LogP contribution is 2.10. The van der Waals surface area contributed by atoms with E-state index >= 15 is 0 Å². The minimum absolute atomic E-state index is 0. The van der Waals surface area contributed by atoms with Crippen molar-refractivity contribution in [1.29, 1.82) is 0 Å². The van der Waals surface area contributed by atoms with Crippen LogP contribution in [0.25, 0.3) is 0 Å². The Balaban J connectivity index is 0.00000256. The zero-order chi connectivity index (χ0) is 12.2. The van der Waals surface area contributed by atoms with Gasteiger partial charge in [-0.3, -0.25) is 0 Å². The lowest BCUT2D eigenvalue weighted by Crippen LogP contribution is -2.52. The Morgan fingerprint density at radius 3 is 2.59 bits per heavy atom. The highest BCUT2D eigenvalue weighted by Gasteiger charge is 2.25. The van der Waals surface area contributed by atoms with Crippen molar-refractivity contribution < 1.29 is 8.42 Å². The standard InChI is InChI=1S/C11H24N2O2S.ClH/c1-9(2)6-8-16(14,15)13-11-5-4-7-12-10(11)3;/h9-13H,4-8H2,1-3H3;1H. The molecule has 2 atom stereocenters. The van der Waals surface area contributed by atoms with Gasteiger partial charge >= 0.3 is 0 Å². The number of nitrogens with one attached hydrogen (secondary N) is 2. The van der Waals surface area contributed by atoms with E-state index < -0.39 is 10.0 Å². The van der Waals surface area contributed by atoms with Crippen LogP contribution in [-0.4, -0.2) is 32.8 Å². The van der Waals surface area contributed by atoms with E-state index in [1.165, 1.54) is 0 Å². The van der Waals surface area contributed by atoms with E-state index in [0.717, 1.165) is 25.8 Å². The number of hydrogen-bond acceptors (Lipinski definition) is 3. The number of halogens is 1. The largest absolute Gasteiger partial charge is 0.313 e. The fourth-order valence-electron chi connectivity index (χ4n) is 1.89. The van der Waals surface area contributed by atoms with E-state index in [4.69, 9.17) is 0 Å². The third-order valence-corrected chi connectivity index (χ3v) is 4.49. The van der Waals surface area contributed by atoms with E-state index in [9.17, 15) is 8.42 Å². The Bertz CT molecular complexity index is 307. The molecular formula is C11H25ClN2O2S. The fraction of sp³-hybridized carbons (Fsp3) is 1.00. The first-order valence-corrected chi connectivity index (χ1v) is 7.79. The third-order valence-electron chi connectivity index (χ3n) is 3.06. The molecule has 1 saturated heterocycles. The Morgan fingerprint density at radius 1 is 1.41 bits per heavy atom. The summed E-state index contributed by atoms with van der Waals surface area (Å²) in [7, 11) is -3.10. The molecule has 1 aliphatic rings. The Morgan fingerprint density at radius 2 is 2.06 bits per heavy atom. The van der Waals surface area contributed by atoms with Crippen LogP contribution in [0.15, 0.2) is 0 Å². The molecule has 2 N–H and O–H groups in total. The fourth-order valence-corrected chi connectivity index (χ4v) is 3.57. The smallest absolute Gasteiger partial charge is 0.211 e. The van der Waals surface area contributed by atoms with Crippen LogP contribution in [0.4, 0.5) is 0 Å². The lowest BCUT2D eigenvalue weighted by atomic mass is 10.0. The first kappa shape index (κ1) is 17.2. The molecule has 0 aromatic heterocycles. The number of rotatable bonds is 5. The maximum Gasteiger partial charge on any atom is 0.211 e. The lowest BCUT2D eigenvalue weighted by molar-refractivity contribution is 0.348. The first-order chi connectivity index (χ1) is 7.41. The van der Waals surface area contributed by atoms with E-state index in [0.29, 0.717) is 5.92 Å². The summed E-state index contributed by atoms with van der Waals surface area (Å²) >= 11 is 0. The maximum absolute atomic E-state index is 11.8. The molecule has 0 aromatic rings. The van der Waals surface area contributed by atoms with Gasteiger partial charge in [0.15, 0.2) is 0 Å². The van der Waals surface area contributed by atoms with Gasteiger partial charge in [-0.2, -0.15) is 0 Å². The van der Waals surface area contributed by atoms with Gasteiger partial charge in [0.25, 0.3) is 0 Å². The van der Waals surface area contributed by atoms with Crippen LogP contribution in [0.5, 0.6) is 0 Å². The third kappa shape index (κ3) is 6.60. The molecule has 6 heteroatoms. The highest BCUT2D eigenvalue weighted by atomic mass is 35.5. The van der Waals surface area contributed by atoms with Crippen LogP contribution >= 0.6 is 12.4 Å². The average molecular weight is 285 g/mol. The monoisotopic (exact) mass is 284 g/mol. The highest BCUT2D eigenvalue weighted by molar-refractivity contribution is 7.89. The number of piperidine rings is 1. The zero-order valence-corrected chi connectivity index (χ0v) is 12.5. The second kappa shape index (κ2) is 7.56. The molecule has 0 radical (unpaired) electrons. The SMILES string of the molecule is CC(C)CCS(=O)(=O)NC1CCCNC1C.Cl. The molecule has 104 valence electrons. The summed E-state index contributed by atoms with van der Waals surface area (Å²) in [5.74, 6) is 0.673. The van der Waals surface area contributed by atoms with Crippen molar-refractivity contribution in [2.45, 2.75) is 52.1 Å². The molecule has 1 heterocycles. The number of sulfonamides is 1. The second-order valence-electron chi connectivity index (χ2n) is 5.11. The van der Waals surface area contributed by atoms with Gasteiger partial charge in [-0.05, 0) is 38.6 Å². The van der Waals surface area contributed by atoms with Crippen LogP contribution in [0, 0.1) is 5.92 Å². The van der Waals surface area contributed by atoms with Gasteiger partial charge in [0.05, 0.1) is 5.75 Å². The molecule has 0 spiro atoms. The van der Waals surface area contributed by atoms with E-state index in [1.807, 2.05) is 20.8 Å². The predicted octanol–water partition coefficient (Wildman–Crippen LogP) is 1.51. The molecule has 0 saturated carbocycles. The summed E-state index contributed by atoms with van der Waals surface area (Å²) in [6.45, 7) is 7.11. The normalized spacial score (nSPS) is 25.6. The van der Waals surface area contributed by atoms with Crippen LogP contribution in [0.2, 0.25) is 0 Å². The van der Waals surface area contributed by atoms with Crippen LogP contribution in [0.1, 0.15) is 40.0 Å². The van der Waals surface area contributed by atoms with Crippen molar-refractivity contribution in [1.82, 2.24) is 10.0 Å². The molecule has 1 rings (SSSR count). The van der Waals surface area contributed by atoms with Crippen molar-refractivity contribution in [2.75, 3.05) is 12.3 Å². The van der Waals surface area contributed by atoms with Gasteiger partial charge < -0.3 is 5.32 Å². The van der Waals surface area contributed by atoms with Gasteiger partial charge in [-0.15, -0.1) is 12.4 Å². The quantitative estimate of drug-likeness (QED) is 0.805. The van der Waals surface area contributed by atoms with Crippen LogP contribution in [0.3, 0.4) is 0 Å². The average Bonchev–Trinajstić information content (AvgIpc) is 2.19. The Hall–Kier alpha value is 0.160. The molecular weight excluding hydrogens is 260 g/mol. The zero-order valence-electron chi connectivity index (χ0n) is 10.9. The minimum Gasteiger partial charge on any atom is -0.313 e. The van der Waals surface area contributed by atoms with Gasteiger partial charge in [0.1, 0.15) is 0 Å². The summed E-state index contributed by atoms with van der Waals surface area (Å²) in [6, 6.07) is 0.300. The van der Waals surface area contributed by atoms with Gasteiger partial charge in [0, 0.05) is 12.1 Å². The summed E-state index contributed by atoms with van der Waals surface area (Å²) in [4.78, 5) is 0. The second-order valence-corrected chi connectivity index (χ2v) is 6.98. The lowest BCUT2D eigenvalue weighted by Gasteiger charge is -2.30. The van der Waals surface area contributed by atoms with Crippen molar-refractivity contribution in [3.8, 4) is 0 Å². The predicted molar refractivity (Wildman–Crippen MR) is 74.1 cm³/mol. The van der Waals surface area contributed by atoms with E-state index in [2.05, 4.69) is 10.0 Å². The molecule has 0 bridgehead atoms.